The average Bonchev–Trinajstić information content (AvgIpc) is 3.99. The summed E-state index contributed by atoms with van der Waals surface area (Å²) in [6.45, 7) is 9.37. The molecule has 2 aromatic heterocycles. The summed E-state index contributed by atoms with van der Waals surface area (Å²) >= 11 is 0. The van der Waals surface area contributed by atoms with E-state index < -0.39 is 0 Å². The zero-order chi connectivity index (χ0) is 46.4. The molecular formula is C65H57BN3. The molecule has 0 bridgehead atoms. The van der Waals surface area contributed by atoms with Gasteiger partial charge in [-0.1, -0.05) is 180 Å². The number of hydrogen-bond acceptors (Lipinski definition) is 1. The molecule has 1 N–H and O–H groups in total. The van der Waals surface area contributed by atoms with Crippen LogP contribution in [0.15, 0.2) is 170 Å². The molecule has 1 aliphatic carbocycles. The van der Waals surface area contributed by atoms with E-state index in [4.69, 9.17) is 0 Å². The van der Waals surface area contributed by atoms with Crippen LogP contribution < -0.4 is 16.2 Å². The average molecular weight is 891 g/mol. The van der Waals surface area contributed by atoms with Crippen molar-refractivity contribution in [2.24, 2.45) is 0 Å². The third-order valence-corrected chi connectivity index (χ3v) is 15.8. The largest absolute Gasteiger partial charge is 0.355 e. The lowest BCUT2D eigenvalue weighted by atomic mass is 9.58. The van der Waals surface area contributed by atoms with Gasteiger partial charge in [0, 0.05) is 55.0 Å². The van der Waals surface area contributed by atoms with Crippen molar-refractivity contribution < 1.29 is 0 Å². The standard InChI is InChI=1S/C65H57BN3/c1-5-7-9-19-41-29-33-44(34-30-41)67-56-40-54-50(46-23-13-16-26-53(46)65(54,3)4)38-51(56)52-39-60(68-57-27-17-14-24-47(57)48-25-15-18-28-58(48)68)61-49-35-32-43-21-11-12-22-45(43)63(49)69-59-36-31-42(20-10-8-6-2)37-55(59)66-62(52)64(61)69/h11-18,21-40,67H,5-10,19-20H2,1-4H3. The van der Waals surface area contributed by atoms with Crippen molar-refractivity contribution in [3.63, 3.8) is 0 Å². The van der Waals surface area contributed by atoms with E-state index in [1.54, 1.807) is 0 Å². The highest BCUT2D eigenvalue weighted by Gasteiger charge is 2.37. The summed E-state index contributed by atoms with van der Waals surface area (Å²) < 4.78 is 5.21. The molecule has 3 nitrogen and oxygen atoms in total. The number of hydrogen-bond donors (Lipinski definition) is 1. The van der Waals surface area contributed by atoms with Gasteiger partial charge in [0.15, 0.2) is 7.28 Å². The third-order valence-electron chi connectivity index (χ3n) is 15.8. The molecule has 1 radical (unpaired) electrons. The van der Waals surface area contributed by atoms with Crippen molar-refractivity contribution in [1.29, 1.82) is 0 Å². The molecule has 13 rings (SSSR count). The molecule has 1 aliphatic heterocycles. The van der Waals surface area contributed by atoms with Gasteiger partial charge in [-0.15, -0.1) is 0 Å². The summed E-state index contributed by atoms with van der Waals surface area (Å²) in [5, 5.41) is 11.7. The highest BCUT2D eigenvalue weighted by molar-refractivity contribution is 6.73. The molecule has 0 amide bonds. The summed E-state index contributed by atoms with van der Waals surface area (Å²) in [6, 6.07) is 64.9. The van der Waals surface area contributed by atoms with E-state index in [1.165, 1.54) is 160 Å². The van der Waals surface area contributed by atoms with Gasteiger partial charge in [0.25, 0.3) is 0 Å². The number of unbranched alkanes of at least 4 members (excludes halogenated alkanes) is 4. The molecular weight excluding hydrogens is 834 g/mol. The number of anilines is 2. The van der Waals surface area contributed by atoms with E-state index >= 15 is 0 Å². The van der Waals surface area contributed by atoms with Crippen molar-refractivity contribution in [2.45, 2.75) is 84.5 Å². The van der Waals surface area contributed by atoms with Gasteiger partial charge in [-0.3, -0.25) is 0 Å². The lowest BCUT2D eigenvalue weighted by molar-refractivity contribution is 0.660. The lowest BCUT2D eigenvalue weighted by Gasteiger charge is -2.27. The molecule has 9 aromatic carbocycles. The van der Waals surface area contributed by atoms with Crippen LogP contribution in [0.25, 0.3) is 88.0 Å². The molecule has 11 aromatic rings. The monoisotopic (exact) mass is 890 g/mol. The molecule has 0 fully saturated rings. The van der Waals surface area contributed by atoms with Crippen LogP contribution >= 0.6 is 0 Å². The van der Waals surface area contributed by atoms with Crippen LogP contribution in [0.5, 0.6) is 0 Å². The summed E-state index contributed by atoms with van der Waals surface area (Å²) in [7, 11) is 2.53. The second-order valence-electron chi connectivity index (χ2n) is 20.4. The molecule has 0 saturated heterocycles. The first-order valence-corrected chi connectivity index (χ1v) is 25.6. The van der Waals surface area contributed by atoms with Crippen molar-refractivity contribution in [3.05, 3.63) is 192 Å². The van der Waals surface area contributed by atoms with Crippen LogP contribution in [0.2, 0.25) is 0 Å². The summed E-state index contributed by atoms with van der Waals surface area (Å²) in [6.07, 6.45) is 9.55. The van der Waals surface area contributed by atoms with Crippen LogP contribution in [-0.2, 0) is 18.3 Å². The van der Waals surface area contributed by atoms with Gasteiger partial charge in [0.2, 0.25) is 0 Å². The SMILES string of the molecule is CCCCCc1ccc(Nc2cc3c(cc2-c2cc(-n4c5ccccc5c5ccccc54)c4c5ccc6ccccc6c5n5c4c2[B]c2cc(CCCCC)ccc2-5)-c2ccccc2C3(C)C)cc1. The van der Waals surface area contributed by atoms with Crippen molar-refractivity contribution in [3.8, 4) is 33.6 Å². The van der Waals surface area contributed by atoms with Gasteiger partial charge >= 0.3 is 0 Å². The minimum absolute atomic E-state index is 0.164. The van der Waals surface area contributed by atoms with Gasteiger partial charge < -0.3 is 14.5 Å². The molecule has 335 valence electrons. The minimum atomic E-state index is -0.164. The smallest absolute Gasteiger partial charge is 0.197 e. The van der Waals surface area contributed by atoms with Crippen molar-refractivity contribution >= 4 is 84.0 Å². The molecule has 69 heavy (non-hydrogen) atoms. The van der Waals surface area contributed by atoms with E-state index in [9.17, 15) is 0 Å². The first-order chi connectivity index (χ1) is 33.9. The van der Waals surface area contributed by atoms with E-state index in [1.807, 2.05) is 0 Å². The van der Waals surface area contributed by atoms with Gasteiger partial charge in [-0.05, 0) is 124 Å². The quantitative estimate of drug-likeness (QED) is 0.0958. The number of benzene rings is 9. The molecule has 4 heteroatoms. The normalized spacial score (nSPS) is 13.3. The first kappa shape index (κ1) is 41.9. The topological polar surface area (TPSA) is 21.9 Å². The highest BCUT2D eigenvalue weighted by atomic mass is 15.0. The zero-order valence-electron chi connectivity index (χ0n) is 40.3. The van der Waals surface area contributed by atoms with Crippen LogP contribution in [0.3, 0.4) is 0 Å². The molecule has 0 atom stereocenters. The number of aromatic nitrogens is 2. The Morgan fingerprint density at radius 3 is 1.90 bits per heavy atom. The summed E-state index contributed by atoms with van der Waals surface area (Å²) in [4.78, 5) is 0. The molecule has 0 unspecified atom stereocenters. The van der Waals surface area contributed by atoms with Crippen molar-refractivity contribution in [2.75, 3.05) is 5.32 Å². The zero-order valence-corrected chi connectivity index (χ0v) is 40.3. The van der Waals surface area contributed by atoms with E-state index in [-0.39, 0.29) is 5.41 Å². The Kier molecular flexibility index (Phi) is 9.98. The fraction of sp³-hybridized carbons (Fsp3) is 0.200. The Morgan fingerprint density at radius 1 is 0.478 bits per heavy atom. The van der Waals surface area contributed by atoms with Crippen LogP contribution in [-0.4, -0.2) is 16.4 Å². The van der Waals surface area contributed by atoms with Gasteiger partial charge in [-0.25, -0.2) is 0 Å². The van der Waals surface area contributed by atoms with E-state index in [0.717, 1.165) is 24.2 Å². The number of nitrogens with one attached hydrogen (secondary N) is 1. The minimum Gasteiger partial charge on any atom is -0.355 e. The maximum atomic E-state index is 4.09. The number of fused-ring (bicyclic) bond motifs is 13. The van der Waals surface area contributed by atoms with Gasteiger partial charge in [0.05, 0.1) is 27.8 Å². The molecule has 0 spiro atoms. The maximum absolute atomic E-state index is 4.09. The van der Waals surface area contributed by atoms with Crippen LogP contribution in [0.1, 0.15) is 88.5 Å². The summed E-state index contributed by atoms with van der Waals surface area (Å²) in [5.74, 6) is 0. The highest BCUT2D eigenvalue weighted by Crippen LogP contribution is 2.53. The number of aryl methyl sites for hydroxylation is 2. The number of para-hydroxylation sites is 2. The number of nitrogens with zero attached hydrogens (tertiary/aromatic N) is 2. The Morgan fingerprint density at radius 2 is 1.14 bits per heavy atom. The first-order valence-electron chi connectivity index (χ1n) is 25.6. The third kappa shape index (κ3) is 6.55. The summed E-state index contributed by atoms with van der Waals surface area (Å²) in [5.41, 5.74) is 22.6. The predicted molar refractivity (Wildman–Crippen MR) is 297 cm³/mol. The Bertz CT molecular complexity index is 3790. The Labute approximate surface area is 406 Å². The van der Waals surface area contributed by atoms with E-state index in [0.29, 0.717) is 0 Å². The van der Waals surface area contributed by atoms with E-state index in [2.05, 4.69) is 219 Å². The molecule has 2 aliphatic rings. The fourth-order valence-electron chi connectivity index (χ4n) is 12.3. The molecule has 3 heterocycles. The van der Waals surface area contributed by atoms with Crippen molar-refractivity contribution in [1.82, 2.24) is 9.13 Å². The Hall–Kier alpha value is -7.30. The second kappa shape index (κ2) is 16.4. The van der Waals surface area contributed by atoms with Crippen LogP contribution in [0.4, 0.5) is 11.4 Å². The van der Waals surface area contributed by atoms with Crippen LogP contribution in [0, 0.1) is 0 Å². The van der Waals surface area contributed by atoms with Gasteiger partial charge in [-0.2, -0.15) is 0 Å². The van der Waals surface area contributed by atoms with Gasteiger partial charge in [0.1, 0.15) is 0 Å². The second-order valence-corrected chi connectivity index (χ2v) is 20.4. The molecule has 0 saturated carbocycles. The predicted octanol–water partition coefficient (Wildman–Crippen LogP) is 16.2. The fourth-order valence-corrected chi connectivity index (χ4v) is 12.3. The Balaban J connectivity index is 1.16. The maximum Gasteiger partial charge on any atom is 0.197 e. The number of rotatable bonds is 12. The lowest BCUT2D eigenvalue weighted by Crippen LogP contribution is -2.37.